The predicted octanol–water partition coefficient (Wildman–Crippen LogP) is -0.663. The van der Waals surface area contributed by atoms with Crippen LogP contribution >= 0.6 is 0 Å². The van der Waals surface area contributed by atoms with Gasteiger partial charge in [-0.05, 0) is 5.56 Å². The zero-order valence-electron chi connectivity index (χ0n) is 7.41. The molecule has 0 spiro atoms. The average molecular weight is 170 g/mol. The van der Waals surface area contributed by atoms with Gasteiger partial charge < -0.3 is 4.74 Å². The lowest BCUT2D eigenvalue weighted by atomic mass is 9.81. The van der Waals surface area contributed by atoms with Gasteiger partial charge in [-0.2, -0.15) is 0 Å². The number of carbonyl (C=O) groups excluding carboxylic acids is 1. The first kappa shape index (κ1) is 9.90. The number of hydrogen-bond acceptors (Lipinski definition) is 2. The van der Waals surface area contributed by atoms with Crippen LogP contribution < -0.4 is 10.9 Å². The van der Waals surface area contributed by atoms with Crippen LogP contribution in [0, 0.1) is 0 Å². The van der Waals surface area contributed by atoms with Crippen molar-refractivity contribution in [3.63, 3.8) is 0 Å². The fourth-order valence-corrected chi connectivity index (χ4v) is 0.964. The Bertz CT molecular complexity index is 303. The van der Waals surface area contributed by atoms with Crippen molar-refractivity contribution in [1.29, 1.82) is 0 Å². The molecule has 0 fully saturated rings. The normalized spacial score (nSPS) is 9.62. The van der Waals surface area contributed by atoms with E-state index in [-0.39, 0.29) is 12.6 Å². The molecular weight excluding hydrogens is 162 g/mol. The van der Waals surface area contributed by atoms with E-state index < -0.39 is 0 Å². The number of esters is 1. The molecule has 0 aliphatic heterocycles. The summed E-state index contributed by atoms with van der Waals surface area (Å²) < 4.78 is 4.79. The van der Waals surface area contributed by atoms with E-state index in [2.05, 4.69) is 0 Å². The summed E-state index contributed by atoms with van der Waals surface area (Å²) in [5.74, 6) is -0.345. The molecule has 0 atom stereocenters. The number of rotatable bonds is 2. The van der Waals surface area contributed by atoms with Crippen LogP contribution in [-0.4, -0.2) is 21.7 Å². The Balaban J connectivity index is 2.81. The molecule has 0 aromatic heterocycles. The zero-order chi connectivity index (χ0) is 9.84. The molecule has 1 aromatic carbocycles. The molecule has 1 rings (SSSR count). The van der Waals surface area contributed by atoms with Gasteiger partial charge in [-0.3, -0.25) is 4.79 Å². The quantitative estimate of drug-likeness (QED) is 0.434. The van der Waals surface area contributed by atoms with Gasteiger partial charge in [-0.15, -0.1) is 0 Å². The van der Waals surface area contributed by atoms with Crippen molar-refractivity contribution < 1.29 is 9.53 Å². The van der Waals surface area contributed by atoms with Crippen LogP contribution in [0.4, 0.5) is 0 Å². The molecule has 0 N–H and O–H groups in total. The van der Waals surface area contributed by atoms with E-state index in [0.717, 1.165) is 0 Å². The van der Waals surface area contributed by atoms with Gasteiger partial charge in [0.2, 0.25) is 0 Å². The van der Waals surface area contributed by atoms with Crippen LogP contribution in [0.3, 0.4) is 0 Å². The van der Waals surface area contributed by atoms with Crippen molar-refractivity contribution in [3.8, 4) is 0 Å². The smallest absolute Gasteiger partial charge is 0.302 e. The largest absolute Gasteiger partial charge is 0.461 e. The highest BCUT2D eigenvalue weighted by Crippen LogP contribution is 1.94. The van der Waals surface area contributed by atoms with Crippen LogP contribution in [0.1, 0.15) is 12.5 Å². The van der Waals surface area contributed by atoms with Crippen molar-refractivity contribution >= 4 is 32.6 Å². The Labute approximate surface area is 80.1 Å². The Kier molecular flexibility index (Phi) is 3.18. The van der Waals surface area contributed by atoms with Crippen LogP contribution in [0.25, 0.3) is 0 Å². The number of ether oxygens (including phenoxy) is 1. The van der Waals surface area contributed by atoms with Gasteiger partial charge in [0.05, 0.1) is 0 Å². The maximum atomic E-state index is 10.5. The first-order valence-electron chi connectivity index (χ1n) is 3.87. The second-order valence-electron chi connectivity index (χ2n) is 2.70. The topological polar surface area (TPSA) is 26.3 Å². The summed E-state index contributed by atoms with van der Waals surface area (Å²) in [5.41, 5.74) is 1.75. The van der Waals surface area contributed by atoms with Gasteiger partial charge in [0.15, 0.2) is 0 Å². The summed E-state index contributed by atoms with van der Waals surface area (Å²) in [6.07, 6.45) is 0. The third-order valence-electron chi connectivity index (χ3n) is 1.67. The number of hydrogen-bond donors (Lipinski definition) is 0. The summed E-state index contributed by atoms with van der Waals surface area (Å²) in [5, 5.41) is 0. The van der Waals surface area contributed by atoms with E-state index in [1.54, 1.807) is 18.2 Å². The first-order chi connectivity index (χ1) is 6.11. The summed E-state index contributed by atoms with van der Waals surface area (Å²) >= 11 is 0. The summed E-state index contributed by atoms with van der Waals surface area (Å²) in [6, 6.07) is 5.19. The molecule has 1 aromatic rings. The monoisotopic (exact) mass is 170 g/mol. The maximum absolute atomic E-state index is 10.5. The van der Waals surface area contributed by atoms with Crippen LogP contribution in [0.15, 0.2) is 18.2 Å². The SMILES string of the molecule is [B]c1cccc([B])c1COC(C)=O. The highest BCUT2D eigenvalue weighted by atomic mass is 16.5. The lowest BCUT2D eigenvalue weighted by Crippen LogP contribution is -2.23. The summed E-state index contributed by atoms with van der Waals surface area (Å²) in [7, 11) is 11.3. The fourth-order valence-electron chi connectivity index (χ4n) is 0.964. The van der Waals surface area contributed by atoms with E-state index in [4.69, 9.17) is 20.4 Å². The second-order valence-corrected chi connectivity index (χ2v) is 2.70. The average Bonchev–Trinajstić information content (AvgIpc) is 2.03. The Hall–Kier alpha value is -1.18. The van der Waals surface area contributed by atoms with E-state index >= 15 is 0 Å². The number of benzene rings is 1. The molecule has 13 heavy (non-hydrogen) atoms. The molecule has 2 nitrogen and oxygen atoms in total. The molecule has 4 radical (unpaired) electrons. The Morgan fingerprint density at radius 3 is 2.38 bits per heavy atom. The molecule has 62 valence electrons. The van der Waals surface area contributed by atoms with E-state index in [0.29, 0.717) is 16.5 Å². The van der Waals surface area contributed by atoms with Gasteiger partial charge >= 0.3 is 5.97 Å². The minimum Gasteiger partial charge on any atom is -0.461 e. The summed E-state index contributed by atoms with van der Waals surface area (Å²) in [4.78, 5) is 10.5. The van der Waals surface area contributed by atoms with Gasteiger partial charge in [-0.25, -0.2) is 0 Å². The first-order valence-corrected chi connectivity index (χ1v) is 3.87. The van der Waals surface area contributed by atoms with Gasteiger partial charge in [-0.1, -0.05) is 29.1 Å². The summed E-state index contributed by atoms with van der Waals surface area (Å²) in [6.45, 7) is 1.48. The van der Waals surface area contributed by atoms with E-state index in [9.17, 15) is 4.79 Å². The maximum Gasteiger partial charge on any atom is 0.302 e. The molecule has 0 heterocycles. The van der Waals surface area contributed by atoms with Crippen molar-refractivity contribution in [2.75, 3.05) is 0 Å². The van der Waals surface area contributed by atoms with Gasteiger partial charge in [0, 0.05) is 6.92 Å². The minimum atomic E-state index is -0.345. The molecule has 0 unspecified atom stereocenters. The van der Waals surface area contributed by atoms with Crippen molar-refractivity contribution in [3.05, 3.63) is 23.8 Å². The van der Waals surface area contributed by atoms with Crippen LogP contribution in [0.5, 0.6) is 0 Å². The highest BCUT2D eigenvalue weighted by Gasteiger charge is 2.02. The second kappa shape index (κ2) is 4.17. The molecule has 0 aliphatic rings. The molecule has 0 saturated carbocycles. The predicted molar refractivity (Wildman–Crippen MR) is 52.7 cm³/mol. The molecule has 0 amide bonds. The third kappa shape index (κ3) is 2.65. The lowest BCUT2D eigenvalue weighted by Gasteiger charge is -2.09. The lowest BCUT2D eigenvalue weighted by molar-refractivity contribution is -0.142. The molecule has 0 saturated heterocycles. The van der Waals surface area contributed by atoms with Crippen LogP contribution in [-0.2, 0) is 16.1 Å². The molecular formula is C9H8B2O2. The fraction of sp³-hybridized carbons (Fsp3) is 0.222. The molecule has 4 heteroatoms. The Morgan fingerprint density at radius 1 is 1.38 bits per heavy atom. The van der Waals surface area contributed by atoms with Crippen molar-refractivity contribution in [2.45, 2.75) is 13.5 Å². The highest BCUT2D eigenvalue weighted by molar-refractivity contribution is 6.39. The van der Waals surface area contributed by atoms with Gasteiger partial charge in [0.1, 0.15) is 22.3 Å². The van der Waals surface area contributed by atoms with Crippen molar-refractivity contribution in [2.24, 2.45) is 0 Å². The van der Waals surface area contributed by atoms with Gasteiger partial charge in [0.25, 0.3) is 0 Å². The molecule has 0 aliphatic carbocycles. The van der Waals surface area contributed by atoms with Crippen LogP contribution in [0.2, 0.25) is 0 Å². The van der Waals surface area contributed by atoms with Crippen molar-refractivity contribution in [1.82, 2.24) is 0 Å². The third-order valence-corrected chi connectivity index (χ3v) is 1.67. The zero-order valence-corrected chi connectivity index (χ0v) is 7.41. The number of carbonyl (C=O) groups is 1. The molecule has 0 bridgehead atoms. The van der Waals surface area contributed by atoms with E-state index in [1.165, 1.54) is 6.92 Å². The minimum absolute atomic E-state index is 0.133. The van der Waals surface area contributed by atoms with E-state index in [1.807, 2.05) is 0 Å². The Morgan fingerprint density at radius 2 is 1.92 bits per heavy atom. The standard InChI is InChI=1S/C9H8B2O2/c1-6(12)13-5-7-8(10)3-2-4-9(7)11/h2-4H,5H2,1H3.